The molecule has 148 valence electrons. The van der Waals surface area contributed by atoms with Gasteiger partial charge < -0.3 is 8.85 Å². The fourth-order valence-corrected chi connectivity index (χ4v) is 8.09. The quantitative estimate of drug-likeness (QED) is 0.404. The third-order valence-corrected chi connectivity index (χ3v) is 8.99. The molecule has 2 nitrogen and oxygen atoms in total. The summed E-state index contributed by atoms with van der Waals surface area (Å²) < 4.78 is 13.7. The van der Waals surface area contributed by atoms with Crippen LogP contribution in [0.3, 0.4) is 0 Å². The fourth-order valence-electron chi connectivity index (χ4n) is 4.12. The molecule has 0 radical (unpaired) electrons. The second kappa shape index (κ2) is 8.11. The van der Waals surface area contributed by atoms with Crippen LogP contribution in [-0.4, -0.2) is 20.8 Å². The van der Waals surface area contributed by atoms with Gasteiger partial charge in [-0.25, -0.2) is 0 Å². The Kier molecular flexibility index (Phi) is 5.55. The molecule has 29 heavy (non-hydrogen) atoms. The van der Waals surface area contributed by atoms with Crippen molar-refractivity contribution < 1.29 is 8.85 Å². The first-order chi connectivity index (χ1) is 14.0. The SMILES string of the molecule is CC(C)O[Si](OC(C)C)(c1cccc2ccccc12)c1cccc2ccccc12. The summed E-state index contributed by atoms with van der Waals surface area (Å²) in [5.74, 6) is 0. The van der Waals surface area contributed by atoms with E-state index in [0.29, 0.717) is 0 Å². The van der Waals surface area contributed by atoms with Gasteiger partial charge in [0.25, 0.3) is 0 Å². The molecule has 0 spiro atoms. The molecule has 0 bridgehead atoms. The minimum atomic E-state index is -3.00. The lowest BCUT2D eigenvalue weighted by Gasteiger charge is -2.36. The van der Waals surface area contributed by atoms with Crippen LogP contribution in [0, 0.1) is 0 Å². The third-order valence-electron chi connectivity index (χ3n) is 5.09. The van der Waals surface area contributed by atoms with Gasteiger partial charge in [-0.3, -0.25) is 0 Å². The van der Waals surface area contributed by atoms with Gasteiger partial charge in [-0.05, 0) is 49.2 Å². The summed E-state index contributed by atoms with van der Waals surface area (Å²) in [6.07, 6.45) is 0.0803. The van der Waals surface area contributed by atoms with Crippen molar-refractivity contribution in [2.24, 2.45) is 0 Å². The van der Waals surface area contributed by atoms with Gasteiger partial charge in [0.05, 0.1) is 0 Å². The van der Waals surface area contributed by atoms with E-state index in [1.807, 2.05) is 0 Å². The first-order valence-electron chi connectivity index (χ1n) is 10.3. The van der Waals surface area contributed by atoms with E-state index in [9.17, 15) is 0 Å². The minimum absolute atomic E-state index is 0.0401. The summed E-state index contributed by atoms with van der Waals surface area (Å²) in [6.45, 7) is 8.40. The zero-order valence-electron chi connectivity index (χ0n) is 17.6. The van der Waals surface area contributed by atoms with Crippen molar-refractivity contribution in [2.75, 3.05) is 0 Å². The number of rotatable bonds is 6. The summed E-state index contributed by atoms with van der Waals surface area (Å²) in [7, 11) is -3.00. The lowest BCUT2D eigenvalue weighted by atomic mass is 10.1. The minimum Gasteiger partial charge on any atom is -0.385 e. The zero-order valence-corrected chi connectivity index (χ0v) is 18.6. The summed E-state index contributed by atoms with van der Waals surface area (Å²) in [4.78, 5) is 0. The van der Waals surface area contributed by atoms with Crippen molar-refractivity contribution in [3.05, 3.63) is 84.9 Å². The summed E-state index contributed by atoms with van der Waals surface area (Å²) in [6, 6.07) is 30.0. The van der Waals surface area contributed by atoms with Gasteiger partial charge in [0.15, 0.2) is 0 Å². The lowest BCUT2D eigenvalue weighted by molar-refractivity contribution is 0.125. The Bertz CT molecular complexity index is 1030. The van der Waals surface area contributed by atoms with Gasteiger partial charge in [0.2, 0.25) is 0 Å². The van der Waals surface area contributed by atoms with E-state index in [1.54, 1.807) is 0 Å². The predicted octanol–water partition coefficient (Wildman–Crippen LogP) is 5.40. The highest BCUT2D eigenvalue weighted by Crippen LogP contribution is 2.24. The molecule has 0 fully saturated rings. The van der Waals surface area contributed by atoms with Crippen molar-refractivity contribution in [2.45, 2.75) is 39.9 Å². The molecule has 4 aromatic carbocycles. The molecule has 0 N–H and O–H groups in total. The van der Waals surface area contributed by atoms with Crippen molar-refractivity contribution in [1.82, 2.24) is 0 Å². The van der Waals surface area contributed by atoms with Crippen LogP contribution in [0.15, 0.2) is 84.9 Å². The van der Waals surface area contributed by atoms with Gasteiger partial charge in [0.1, 0.15) is 0 Å². The summed E-state index contributed by atoms with van der Waals surface area (Å²) in [5, 5.41) is 7.18. The fraction of sp³-hybridized carbons (Fsp3) is 0.231. The first-order valence-corrected chi connectivity index (χ1v) is 12.1. The molecule has 4 rings (SSSR count). The smallest absolute Gasteiger partial charge is 0.385 e. The molecule has 0 saturated heterocycles. The van der Waals surface area contributed by atoms with Crippen LogP contribution in [0.4, 0.5) is 0 Å². The van der Waals surface area contributed by atoms with Gasteiger partial charge in [0, 0.05) is 22.6 Å². The van der Waals surface area contributed by atoms with Crippen LogP contribution in [-0.2, 0) is 8.85 Å². The Labute approximate surface area is 174 Å². The first kappa shape index (κ1) is 19.8. The van der Waals surface area contributed by atoms with E-state index in [1.165, 1.54) is 31.9 Å². The van der Waals surface area contributed by atoms with Crippen molar-refractivity contribution in [1.29, 1.82) is 0 Å². The standard InChI is InChI=1S/C26H28O2Si/c1-19(2)27-29(28-20(3)4,25-17-9-13-21-11-5-7-15-23(21)25)26-18-10-14-22-12-6-8-16-24(22)26/h5-20H,1-4H3. The van der Waals surface area contributed by atoms with E-state index >= 15 is 0 Å². The van der Waals surface area contributed by atoms with Gasteiger partial charge in [-0.1, -0.05) is 84.9 Å². The molecule has 0 amide bonds. The second-order valence-electron chi connectivity index (χ2n) is 8.00. The van der Waals surface area contributed by atoms with Gasteiger partial charge in [-0.15, -0.1) is 0 Å². The van der Waals surface area contributed by atoms with Crippen LogP contribution in [0.2, 0.25) is 0 Å². The molecular weight excluding hydrogens is 372 g/mol. The van der Waals surface area contributed by atoms with Crippen LogP contribution in [0.1, 0.15) is 27.7 Å². The van der Waals surface area contributed by atoms with Crippen LogP contribution in [0.25, 0.3) is 21.5 Å². The van der Waals surface area contributed by atoms with E-state index in [4.69, 9.17) is 8.85 Å². The van der Waals surface area contributed by atoms with E-state index in [2.05, 4.69) is 113 Å². The highest BCUT2D eigenvalue weighted by Gasteiger charge is 2.46. The molecule has 3 heteroatoms. The average Bonchev–Trinajstić information content (AvgIpc) is 2.71. The number of benzene rings is 4. The molecule has 0 heterocycles. The summed E-state index contributed by atoms with van der Waals surface area (Å²) >= 11 is 0. The molecule has 0 atom stereocenters. The highest BCUT2D eigenvalue weighted by atomic mass is 28.4. The maximum atomic E-state index is 6.85. The number of hydrogen-bond donors (Lipinski definition) is 0. The maximum absolute atomic E-state index is 6.85. The number of hydrogen-bond acceptors (Lipinski definition) is 2. The van der Waals surface area contributed by atoms with E-state index in [-0.39, 0.29) is 12.2 Å². The van der Waals surface area contributed by atoms with Crippen molar-refractivity contribution in [3.8, 4) is 0 Å². The lowest BCUT2D eigenvalue weighted by Crippen LogP contribution is -2.65. The molecule has 0 aliphatic heterocycles. The number of fused-ring (bicyclic) bond motifs is 2. The van der Waals surface area contributed by atoms with Crippen molar-refractivity contribution >= 4 is 40.5 Å². The highest BCUT2D eigenvalue weighted by molar-refractivity contribution is 6.95. The molecule has 0 aliphatic rings. The largest absolute Gasteiger partial charge is 0.408 e. The molecule has 0 saturated carbocycles. The Morgan fingerprint density at radius 2 is 0.897 bits per heavy atom. The van der Waals surface area contributed by atoms with E-state index in [0.717, 1.165) is 0 Å². The topological polar surface area (TPSA) is 18.5 Å². The molecular formula is C26H28O2Si. The van der Waals surface area contributed by atoms with Crippen LogP contribution < -0.4 is 10.4 Å². The Morgan fingerprint density at radius 3 is 1.31 bits per heavy atom. The summed E-state index contributed by atoms with van der Waals surface area (Å²) in [5.41, 5.74) is 0. The normalized spacial score (nSPS) is 12.3. The molecule has 0 aromatic heterocycles. The average molecular weight is 401 g/mol. The second-order valence-corrected chi connectivity index (χ2v) is 10.8. The van der Waals surface area contributed by atoms with E-state index < -0.39 is 8.56 Å². The Hall–Kier alpha value is -2.46. The van der Waals surface area contributed by atoms with Gasteiger partial charge in [-0.2, -0.15) is 0 Å². The third kappa shape index (κ3) is 3.74. The Morgan fingerprint density at radius 1 is 0.517 bits per heavy atom. The van der Waals surface area contributed by atoms with Crippen LogP contribution in [0.5, 0.6) is 0 Å². The monoisotopic (exact) mass is 400 g/mol. The molecule has 4 aromatic rings. The van der Waals surface area contributed by atoms with Gasteiger partial charge >= 0.3 is 8.56 Å². The predicted molar refractivity (Wildman–Crippen MR) is 125 cm³/mol. The van der Waals surface area contributed by atoms with Crippen LogP contribution >= 0.6 is 0 Å². The Balaban J connectivity index is 2.11. The molecule has 0 unspecified atom stereocenters. The zero-order chi connectivity index (χ0) is 20.4. The van der Waals surface area contributed by atoms with Crippen molar-refractivity contribution in [3.63, 3.8) is 0 Å². The maximum Gasteiger partial charge on any atom is 0.408 e. The molecule has 0 aliphatic carbocycles.